The molecular formula is C16H22N4O. The molecule has 0 bridgehead atoms. The monoisotopic (exact) mass is 286 g/mol. The number of benzene rings is 1. The average molecular weight is 286 g/mol. The van der Waals surface area contributed by atoms with Gasteiger partial charge < -0.3 is 11.1 Å². The Morgan fingerprint density at radius 2 is 2.19 bits per heavy atom. The molecule has 1 amide bonds. The molecule has 3 N–H and O–H groups in total. The zero-order valence-electron chi connectivity index (χ0n) is 12.3. The smallest absolute Gasteiger partial charge is 0.225 e. The van der Waals surface area contributed by atoms with Crippen LogP contribution >= 0.6 is 0 Å². The minimum Gasteiger partial charge on any atom is -0.327 e. The second kappa shape index (κ2) is 7.59. The number of carbonyl (C=O) groups is 1. The van der Waals surface area contributed by atoms with Crippen molar-refractivity contribution < 1.29 is 4.79 Å². The van der Waals surface area contributed by atoms with Crippen molar-refractivity contribution >= 4 is 11.6 Å². The number of carbonyl (C=O) groups excluding carboxylic acids is 1. The topological polar surface area (TPSA) is 72.9 Å². The standard InChI is InChI=1S/C16H22N4O/c1-2-6-14(17)11-16(21)19-15-8-4-3-7-13(15)12-20-10-5-9-18-20/h3-5,7-10,14H,2,6,11-12,17H2,1H3,(H,19,21). The van der Waals surface area contributed by atoms with Crippen LogP contribution in [-0.2, 0) is 11.3 Å². The van der Waals surface area contributed by atoms with Gasteiger partial charge in [0.15, 0.2) is 0 Å². The molecule has 0 aliphatic carbocycles. The van der Waals surface area contributed by atoms with Crippen LogP contribution in [0.3, 0.4) is 0 Å². The summed E-state index contributed by atoms with van der Waals surface area (Å²) < 4.78 is 1.83. The van der Waals surface area contributed by atoms with Gasteiger partial charge in [0.05, 0.1) is 6.54 Å². The van der Waals surface area contributed by atoms with E-state index in [0.717, 1.165) is 24.1 Å². The molecule has 1 aromatic carbocycles. The Hall–Kier alpha value is -2.14. The zero-order valence-corrected chi connectivity index (χ0v) is 12.3. The molecule has 112 valence electrons. The number of anilines is 1. The third kappa shape index (κ3) is 4.72. The van der Waals surface area contributed by atoms with Gasteiger partial charge >= 0.3 is 0 Å². The van der Waals surface area contributed by atoms with Gasteiger partial charge in [-0.25, -0.2) is 0 Å². The first kappa shape index (κ1) is 15.3. The number of hydrogen-bond acceptors (Lipinski definition) is 3. The zero-order chi connectivity index (χ0) is 15.1. The van der Waals surface area contributed by atoms with Crippen LogP contribution < -0.4 is 11.1 Å². The first-order chi connectivity index (χ1) is 10.2. The van der Waals surface area contributed by atoms with Gasteiger partial charge in [0.2, 0.25) is 5.91 Å². The molecule has 1 aromatic heterocycles. The van der Waals surface area contributed by atoms with E-state index >= 15 is 0 Å². The summed E-state index contributed by atoms with van der Waals surface area (Å²) in [6.07, 6.45) is 5.84. The largest absolute Gasteiger partial charge is 0.327 e. The van der Waals surface area contributed by atoms with E-state index in [1.165, 1.54) is 0 Å². The summed E-state index contributed by atoms with van der Waals surface area (Å²) in [4.78, 5) is 12.0. The predicted molar refractivity (Wildman–Crippen MR) is 83.9 cm³/mol. The molecule has 0 saturated carbocycles. The van der Waals surface area contributed by atoms with E-state index in [4.69, 9.17) is 5.73 Å². The van der Waals surface area contributed by atoms with E-state index in [1.807, 2.05) is 41.2 Å². The Balaban J connectivity index is 2.01. The molecule has 5 heteroatoms. The van der Waals surface area contributed by atoms with Crippen molar-refractivity contribution in [2.24, 2.45) is 5.73 Å². The van der Waals surface area contributed by atoms with Crippen molar-refractivity contribution in [3.05, 3.63) is 48.3 Å². The molecule has 21 heavy (non-hydrogen) atoms. The number of nitrogens with one attached hydrogen (secondary N) is 1. The van der Waals surface area contributed by atoms with Crippen molar-refractivity contribution in [3.8, 4) is 0 Å². The second-order valence-electron chi connectivity index (χ2n) is 5.16. The van der Waals surface area contributed by atoms with Crippen LogP contribution in [0.25, 0.3) is 0 Å². The number of amides is 1. The summed E-state index contributed by atoms with van der Waals surface area (Å²) in [7, 11) is 0. The Kier molecular flexibility index (Phi) is 5.51. The molecule has 0 aliphatic heterocycles. The summed E-state index contributed by atoms with van der Waals surface area (Å²) in [5.41, 5.74) is 7.76. The number of aromatic nitrogens is 2. The summed E-state index contributed by atoms with van der Waals surface area (Å²) in [5.74, 6) is -0.0381. The van der Waals surface area contributed by atoms with E-state index < -0.39 is 0 Å². The van der Waals surface area contributed by atoms with E-state index in [1.54, 1.807) is 6.20 Å². The summed E-state index contributed by atoms with van der Waals surface area (Å²) >= 11 is 0. The Morgan fingerprint density at radius 1 is 1.38 bits per heavy atom. The lowest BCUT2D eigenvalue weighted by Crippen LogP contribution is -2.27. The number of nitrogens with zero attached hydrogens (tertiary/aromatic N) is 2. The molecule has 1 heterocycles. The Morgan fingerprint density at radius 3 is 2.90 bits per heavy atom. The minimum atomic E-state index is -0.0757. The fourth-order valence-corrected chi connectivity index (χ4v) is 2.26. The SMILES string of the molecule is CCCC(N)CC(=O)Nc1ccccc1Cn1cccn1. The lowest BCUT2D eigenvalue weighted by molar-refractivity contribution is -0.116. The maximum atomic E-state index is 12.0. The molecular weight excluding hydrogens is 264 g/mol. The van der Waals surface area contributed by atoms with Gasteiger partial charge in [-0.05, 0) is 24.1 Å². The third-order valence-electron chi connectivity index (χ3n) is 3.29. The number of rotatable bonds is 7. The van der Waals surface area contributed by atoms with Crippen LogP contribution in [0.4, 0.5) is 5.69 Å². The van der Waals surface area contributed by atoms with Gasteiger partial charge in [-0.3, -0.25) is 9.48 Å². The van der Waals surface area contributed by atoms with Crippen LogP contribution in [0, 0.1) is 0 Å². The summed E-state index contributed by atoms with van der Waals surface area (Å²) in [5, 5.41) is 7.14. The third-order valence-corrected chi connectivity index (χ3v) is 3.29. The van der Waals surface area contributed by atoms with Gasteiger partial charge in [0, 0.05) is 30.5 Å². The molecule has 5 nitrogen and oxygen atoms in total. The molecule has 1 atom stereocenters. The minimum absolute atomic E-state index is 0.0381. The van der Waals surface area contributed by atoms with Crippen LogP contribution in [0.5, 0.6) is 0 Å². The van der Waals surface area contributed by atoms with Crippen molar-refractivity contribution in [1.29, 1.82) is 0 Å². The van der Waals surface area contributed by atoms with Crippen molar-refractivity contribution in [3.63, 3.8) is 0 Å². The number of hydrogen-bond donors (Lipinski definition) is 2. The first-order valence-electron chi connectivity index (χ1n) is 7.29. The number of nitrogens with two attached hydrogens (primary N) is 1. The highest BCUT2D eigenvalue weighted by atomic mass is 16.1. The van der Waals surface area contributed by atoms with E-state index in [2.05, 4.69) is 17.3 Å². The van der Waals surface area contributed by atoms with E-state index in [0.29, 0.717) is 13.0 Å². The van der Waals surface area contributed by atoms with Gasteiger partial charge in [0.1, 0.15) is 0 Å². The van der Waals surface area contributed by atoms with Gasteiger partial charge in [0.25, 0.3) is 0 Å². The summed E-state index contributed by atoms with van der Waals surface area (Å²) in [6.45, 7) is 2.70. The normalized spacial score (nSPS) is 12.1. The van der Waals surface area contributed by atoms with Crippen molar-refractivity contribution in [2.45, 2.75) is 38.8 Å². The fourth-order valence-electron chi connectivity index (χ4n) is 2.26. The lowest BCUT2D eigenvalue weighted by Gasteiger charge is -2.13. The fraction of sp³-hybridized carbons (Fsp3) is 0.375. The van der Waals surface area contributed by atoms with E-state index in [9.17, 15) is 4.79 Å². The first-order valence-corrected chi connectivity index (χ1v) is 7.29. The summed E-state index contributed by atoms with van der Waals surface area (Å²) in [6, 6.07) is 9.56. The highest BCUT2D eigenvalue weighted by molar-refractivity contribution is 5.91. The quantitative estimate of drug-likeness (QED) is 0.820. The van der Waals surface area contributed by atoms with Crippen LogP contribution in [0.2, 0.25) is 0 Å². The van der Waals surface area contributed by atoms with Crippen LogP contribution in [0.15, 0.2) is 42.7 Å². The molecule has 0 radical (unpaired) electrons. The Labute approximate surface area is 125 Å². The predicted octanol–water partition coefficient (Wildman–Crippen LogP) is 2.39. The number of para-hydroxylation sites is 1. The highest BCUT2D eigenvalue weighted by Gasteiger charge is 2.11. The molecule has 0 fully saturated rings. The van der Waals surface area contributed by atoms with Crippen LogP contribution in [0.1, 0.15) is 31.7 Å². The van der Waals surface area contributed by atoms with Gasteiger partial charge in [-0.1, -0.05) is 31.5 Å². The second-order valence-corrected chi connectivity index (χ2v) is 5.16. The molecule has 1 unspecified atom stereocenters. The highest BCUT2D eigenvalue weighted by Crippen LogP contribution is 2.16. The van der Waals surface area contributed by atoms with Crippen molar-refractivity contribution in [1.82, 2.24) is 9.78 Å². The molecule has 0 aliphatic rings. The maximum absolute atomic E-state index is 12.0. The Bertz CT molecular complexity index is 565. The molecule has 0 spiro atoms. The van der Waals surface area contributed by atoms with Gasteiger partial charge in [-0.2, -0.15) is 5.10 Å². The molecule has 0 saturated heterocycles. The lowest BCUT2D eigenvalue weighted by atomic mass is 10.1. The molecule has 2 rings (SSSR count). The van der Waals surface area contributed by atoms with Gasteiger partial charge in [-0.15, -0.1) is 0 Å². The van der Waals surface area contributed by atoms with Crippen molar-refractivity contribution in [2.75, 3.05) is 5.32 Å². The maximum Gasteiger partial charge on any atom is 0.225 e. The van der Waals surface area contributed by atoms with E-state index in [-0.39, 0.29) is 11.9 Å². The molecule has 2 aromatic rings. The average Bonchev–Trinajstić information content (AvgIpc) is 2.94. The van der Waals surface area contributed by atoms with Crippen LogP contribution in [-0.4, -0.2) is 21.7 Å².